The molecule has 0 radical (unpaired) electrons. The summed E-state index contributed by atoms with van der Waals surface area (Å²) in [5, 5.41) is 4.15. The molecule has 1 aromatic rings. The Balaban J connectivity index is 2.01. The molecule has 0 atom stereocenters. The number of amidine groups is 1. The molecule has 1 fully saturated rings. The first kappa shape index (κ1) is 17.3. The average molecular weight is 324 g/mol. The van der Waals surface area contributed by atoms with Crippen molar-refractivity contribution in [2.24, 2.45) is 4.99 Å². The maximum Gasteiger partial charge on any atom is 0.103 e. The molecule has 1 aromatic carbocycles. The minimum atomic E-state index is -0.105. The zero-order valence-corrected chi connectivity index (χ0v) is 14.5. The van der Waals surface area contributed by atoms with Gasteiger partial charge in [0.05, 0.1) is 18.8 Å². The molecule has 0 saturated carbocycles. The zero-order valence-electron chi connectivity index (χ0n) is 13.7. The molecule has 0 spiro atoms. The molecule has 0 bridgehead atoms. The summed E-state index contributed by atoms with van der Waals surface area (Å²) in [4.78, 5) is 7.24. The monoisotopic (exact) mass is 323 g/mol. The van der Waals surface area contributed by atoms with Gasteiger partial charge in [0.1, 0.15) is 5.84 Å². The first-order valence-corrected chi connectivity index (χ1v) is 8.22. The van der Waals surface area contributed by atoms with Crippen LogP contribution in [0.1, 0.15) is 27.2 Å². The number of rotatable bonds is 4. The molecule has 1 saturated heterocycles. The van der Waals surface area contributed by atoms with E-state index in [2.05, 4.69) is 31.0 Å². The number of anilines is 1. The third kappa shape index (κ3) is 6.34. The van der Waals surface area contributed by atoms with Crippen LogP contribution in [0.5, 0.6) is 0 Å². The highest BCUT2D eigenvalue weighted by Crippen LogP contribution is 2.17. The molecule has 1 heterocycles. The van der Waals surface area contributed by atoms with Crippen LogP contribution in [0.15, 0.2) is 29.3 Å². The largest absolute Gasteiger partial charge is 0.379 e. The van der Waals surface area contributed by atoms with E-state index in [1.807, 2.05) is 24.3 Å². The van der Waals surface area contributed by atoms with Gasteiger partial charge in [-0.25, -0.2) is 0 Å². The standard InChI is InChI=1S/C17H26ClN3O/c1-17(2,3)20-16(7-8-21-9-11-22-12-10-21)19-15-6-4-5-14(18)13-15/h4-6,13H,7-12H2,1-3H3,(H,19,20). The summed E-state index contributed by atoms with van der Waals surface area (Å²) in [6.45, 7) is 11.0. The Hall–Kier alpha value is -1.10. The molecule has 1 aliphatic rings. The van der Waals surface area contributed by atoms with Gasteiger partial charge in [0.25, 0.3) is 0 Å². The predicted molar refractivity (Wildman–Crippen MR) is 94.1 cm³/mol. The average Bonchev–Trinajstić information content (AvgIpc) is 2.44. The summed E-state index contributed by atoms with van der Waals surface area (Å²) < 4.78 is 5.39. The molecule has 4 nitrogen and oxygen atoms in total. The fourth-order valence-corrected chi connectivity index (χ4v) is 2.56. The Labute approximate surface area is 138 Å². The van der Waals surface area contributed by atoms with Crippen LogP contribution in [0.3, 0.4) is 0 Å². The lowest BCUT2D eigenvalue weighted by Crippen LogP contribution is -2.38. The summed E-state index contributed by atoms with van der Waals surface area (Å²) >= 11 is 6.06. The van der Waals surface area contributed by atoms with Crippen molar-refractivity contribution in [3.63, 3.8) is 0 Å². The number of halogens is 1. The van der Waals surface area contributed by atoms with Crippen molar-refractivity contribution in [2.75, 3.05) is 38.2 Å². The van der Waals surface area contributed by atoms with Crippen molar-refractivity contribution in [3.8, 4) is 0 Å². The van der Waals surface area contributed by atoms with Gasteiger partial charge in [0, 0.05) is 36.8 Å². The molecular formula is C17H26ClN3O. The summed E-state index contributed by atoms with van der Waals surface area (Å²) in [7, 11) is 0. The van der Waals surface area contributed by atoms with Crippen LogP contribution in [-0.4, -0.2) is 49.1 Å². The van der Waals surface area contributed by atoms with Gasteiger partial charge in [0.15, 0.2) is 0 Å². The third-order valence-electron chi connectivity index (χ3n) is 3.35. The van der Waals surface area contributed by atoms with E-state index in [0.29, 0.717) is 0 Å². The van der Waals surface area contributed by atoms with E-state index >= 15 is 0 Å². The molecule has 1 aliphatic heterocycles. The van der Waals surface area contributed by atoms with Gasteiger partial charge in [-0.1, -0.05) is 17.7 Å². The topological polar surface area (TPSA) is 36.9 Å². The lowest BCUT2D eigenvalue weighted by molar-refractivity contribution is 0.0392. The molecule has 0 unspecified atom stereocenters. The van der Waals surface area contributed by atoms with E-state index < -0.39 is 0 Å². The summed E-state index contributed by atoms with van der Waals surface area (Å²) in [6, 6.07) is 7.76. The fraction of sp³-hybridized carbons (Fsp3) is 0.588. The number of ether oxygens (including phenoxy) is 1. The number of benzene rings is 1. The third-order valence-corrected chi connectivity index (χ3v) is 3.59. The Bertz CT molecular complexity index is 505. The number of aliphatic imine (C=N–C) groups is 1. The normalized spacial score (nSPS) is 17.5. The van der Waals surface area contributed by atoms with Crippen molar-refractivity contribution in [3.05, 3.63) is 29.3 Å². The van der Waals surface area contributed by atoms with E-state index in [0.717, 1.165) is 55.8 Å². The highest BCUT2D eigenvalue weighted by atomic mass is 35.5. The van der Waals surface area contributed by atoms with Crippen molar-refractivity contribution in [2.45, 2.75) is 32.7 Å². The first-order chi connectivity index (χ1) is 10.4. The number of hydrogen-bond donors (Lipinski definition) is 1. The highest BCUT2D eigenvalue weighted by molar-refractivity contribution is 6.30. The van der Waals surface area contributed by atoms with Gasteiger partial charge in [-0.3, -0.25) is 9.89 Å². The van der Waals surface area contributed by atoms with Gasteiger partial charge in [-0.2, -0.15) is 0 Å². The SMILES string of the molecule is CC(C)(C)N=C(CCN1CCOCC1)Nc1cccc(Cl)c1. The van der Waals surface area contributed by atoms with Crippen molar-refractivity contribution in [1.82, 2.24) is 4.90 Å². The van der Waals surface area contributed by atoms with Crippen molar-refractivity contribution >= 4 is 23.1 Å². The molecule has 22 heavy (non-hydrogen) atoms. The minimum Gasteiger partial charge on any atom is -0.379 e. The number of nitrogens with one attached hydrogen (secondary N) is 1. The first-order valence-electron chi connectivity index (χ1n) is 7.84. The van der Waals surface area contributed by atoms with Gasteiger partial charge in [-0.15, -0.1) is 0 Å². The summed E-state index contributed by atoms with van der Waals surface area (Å²) in [5.74, 6) is 1.00. The van der Waals surface area contributed by atoms with Crippen LogP contribution >= 0.6 is 11.6 Å². The summed E-state index contributed by atoms with van der Waals surface area (Å²) in [5.41, 5.74) is 0.879. The molecule has 0 aliphatic carbocycles. The molecule has 5 heteroatoms. The van der Waals surface area contributed by atoms with Crippen LogP contribution in [-0.2, 0) is 4.74 Å². The molecule has 0 amide bonds. The van der Waals surface area contributed by atoms with Gasteiger partial charge < -0.3 is 10.1 Å². The van der Waals surface area contributed by atoms with Crippen LogP contribution in [0, 0.1) is 0 Å². The molecule has 2 rings (SSSR count). The second-order valence-electron chi connectivity index (χ2n) is 6.57. The Morgan fingerprint density at radius 3 is 2.68 bits per heavy atom. The number of hydrogen-bond acceptors (Lipinski definition) is 3. The van der Waals surface area contributed by atoms with Gasteiger partial charge in [0.2, 0.25) is 0 Å². The zero-order chi connectivity index (χ0) is 16.0. The van der Waals surface area contributed by atoms with Crippen LogP contribution in [0.25, 0.3) is 0 Å². The second kappa shape index (κ2) is 7.95. The lowest BCUT2D eigenvalue weighted by Gasteiger charge is -2.27. The van der Waals surface area contributed by atoms with E-state index in [1.165, 1.54) is 0 Å². The van der Waals surface area contributed by atoms with Crippen LogP contribution in [0.2, 0.25) is 5.02 Å². The van der Waals surface area contributed by atoms with E-state index in [-0.39, 0.29) is 5.54 Å². The lowest BCUT2D eigenvalue weighted by atomic mass is 10.1. The van der Waals surface area contributed by atoms with Crippen LogP contribution in [0.4, 0.5) is 5.69 Å². The van der Waals surface area contributed by atoms with Crippen LogP contribution < -0.4 is 5.32 Å². The molecule has 0 aromatic heterocycles. The quantitative estimate of drug-likeness (QED) is 0.678. The molecule has 1 N–H and O–H groups in total. The van der Waals surface area contributed by atoms with E-state index in [1.54, 1.807) is 0 Å². The summed E-state index contributed by atoms with van der Waals surface area (Å²) in [6.07, 6.45) is 0.893. The van der Waals surface area contributed by atoms with Crippen molar-refractivity contribution < 1.29 is 4.74 Å². The Kier molecular flexibility index (Phi) is 6.24. The Morgan fingerprint density at radius 2 is 2.05 bits per heavy atom. The van der Waals surface area contributed by atoms with E-state index in [4.69, 9.17) is 21.3 Å². The van der Waals surface area contributed by atoms with Gasteiger partial charge in [-0.05, 0) is 39.0 Å². The maximum absolute atomic E-state index is 6.06. The fourth-order valence-electron chi connectivity index (χ4n) is 2.37. The number of nitrogens with zero attached hydrogens (tertiary/aromatic N) is 2. The highest BCUT2D eigenvalue weighted by Gasteiger charge is 2.14. The maximum atomic E-state index is 6.06. The minimum absolute atomic E-state index is 0.105. The molecule has 122 valence electrons. The smallest absolute Gasteiger partial charge is 0.103 e. The molecular weight excluding hydrogens is 298 g/mol. The second-order valence-corrected chi connectivity index (χ2v) is 7.01. The van der Waals surface area contributed by atoms with Crippen molar-refractivity contribution in [1.29, 1.82) is 0 Å². The van der Waals surface area contributed by atoms with E-state index in [9.17, 15) is 0 Å². The van der Waals surface area contributed by atoms with Gasteiger partial charge >= 0.3 is 0 Å². The Morgan fingerprint density at radius 1 is 1.32 bits per heavy atom. The number of morpholine rings is 1. The predicted octanol–water partition coefficient (Wildman–Crippen LogP) is 3.67.